The van der Waals surface area contributed by atoms with Crippen LogP contribution < -0.4 is 0 Å². The van der Waals surface area contributed by atoms with Crippen molar-refractivity contribution in [2.75, 3.05) is 0 Å². The largest absolute Gasteiger partial charge is 0.309 e. The van der Waals surface area contributed by atoms with Gasteiger partial charge in [-0.25, -0.2) is 9.97 Å². The number of nitrogens with zero attached hydrogens (tertiary/aromatic N) is 4. The van der Waals surface area contributed by atoms with Gasteiger partial charge in [-0.1, -0.05) is 425 Å². The molecular weight excluding hydrogens is 1620 g/mol. The molecule has 0 spiro atoms. The molecule has 0 aliphatic carbocycles. The van der Waals surface area contributed by atoms with Gasteiger partial charge in [-0.3, -0.25) is 0 Å². The lowest BCUT2D eigenvalue weighted by Gasteiger charge is -2.18. The zero-order valence-electron chi connectivity index (χ0n) is 73.4. The Morgan fingerprint density at radius 3 is 0.649 bits per heavy atom. The number of para-hydroxylation sites is 4. The molecule has 0 aliphatic rings. The van der Waals surface area contributed by atoms with Gasteiger partial charge in [-0.05, 0) is 251 Å². The van der Waals surface area contributed by atoms with Crippen LogP contribution in [-0.4, -0.2) is 19.1 Å². The fourth-order valence-corrected chi connectivity index (χ4v) is 20.2. The number of hydrogen-bond donors (Lipinski definition) is 0. The van der Waals surface area contributed by atoms with E-state index in [0.717, 1.165) is 61.5 Å². The third-order valence-electron chi connectivity index (χ3n) is 26.6. The summed E-state index contributed by atoms with van der Waals surface area (Å²) in [6.45, 7) is 0. The lowest BCUT2D eigenvalue weighted by Crippen LogP contribution is -2.01. The van der Waals surface area contributed by atoms with Crippen LogP contribution in [0.5, 0.6) is 0 Å². The topological polar surface area (TPSA) is 35.6 Å². The van der Waals surface area contributed by atoms with Gasteiger partial charge in [-0.15, -0.1) is 0 Å². The van der Waals surface area contributed by atoms with Crippen molar-refractivity contribution in [1.29, 1.82) is 0 Å². The Morgan fingerprint density at radius 2 is 0.343 bits per heavy atom. The van der Waals surface area contributed by atoms with Crippen molar-refractivity contribution in [3.8, 4) is 134 Å². The Hall–Kier alpha value is -17.7. The minimum Gasteiger partial charge on any atom is -0.309 e. The van der Waals surface area contributed by atoms with E-state index >= 15 is 0 Å². The summed E-state index contributed by atoms with van der Waals surface area (Å²) in [5.74, 6) is 0.697. The SMILES string of the molecule is c1ccc(-c2cc(-c3cc(-n4c5ccccc5c5ccccc54)cc(-n4c5ccccc5c5ccccc54)c3)nc(-c3ccccc3)n2)cc1.c1ccc(-c2ccc3c(-c4ccccc4)cc4c5cc(-c6ccccc6)ccc5c(-c5ccccc5)cc4c3c2)cc1.c1ccc(-c2ccc3c(c2)c(-c2ccccc2)cc2c4ccc(-c5ccccc5)cc4c(-c4ccccc4)cc32)cc1. The molecule has 4 nitrogen and oxygen atoms in total. The molecule has 0 atom stereocenters. The van der Waals surface area contributed by atoms with Gasteiger partial charge < -0.3 is 9.13 Å². The van der Waals surface area contributed by atoms with Gasteiger partial charge in [0.05, 0.1) is 33.5 Å². The van der Waals surface area contributed by atoms with Crippen molar-refractivity contribution >= 4 is 108 Å². The molecule has 0 N–H and O–H groups in total. The van der Waals surface area contributed by atoms with Gasteiger partial charge in [0.15, 0.2) is 5.82 Å². The molecule has 0 bridgehead atoms. The summed E-state index contributed by atoms with van der Waals surface area (Å²) >= 11 is 0. The number of hydrogen-bond acceptors (Lipinski definition) is 2. The monoisotopic (exact) mass is 1700 g/mol. The fraction of sp³-hybridized carbons (Fsp3) is 0. The van der Waals surface area contributed by atoms with Crippen LogP contribution in [0.4, 0.5) is 0 Å². The van der Waals surface area contributed by atoms with Gasteiger partial charge in [0.2, 0.25) is 0 Å². The second kappa shape index (κ2) is 34.7. The molecule has 0 unspecified atom stereocenters. The highest BCUT2D eigenvalue weighted by Crippen LogP contribution is 2.48. The van der Waals surface area contributed by atoms with Crippen LogP contribution in [0.3, 0.4) is 0 Å². The van der Waals surface area contributed by atoms with Crippen molar-refractivity contribution in [2.24, 2.45) is 0 Å². The molecule has 626 valence electrons. The zero-order chi connectivity index (χ0) is 88.8. The second-order valence-corrected chi connectivity index (χ2v) is 34.5. The molecule has 26 rings (SSSR count). The van der Waals surface area contributed by atoms with E-state index in [2.05, 4.69) is 507 Å². The highest BCUT2D eigenvalue weighted by Gasteiger charge is 2.24. The molecule has 3 heterocycles. The van der Waals surface area contributed by atoms with E-state index in [4.69, 9.17) is 9.97 Å². The van der Waals surface area contributed by atoms with Crippen LogP contribution in [0.25, 0.3) is 243 Å². The molecule has 0 amide bonds. The van der Waals surface area contributed by atoms with E-state index in [0.29, 0.717) is 5.82 Å². The zero-order valence-corrected chi connectivity index (χ0v) is 73.4. The number of rotatable bonds is 13. The minimum atomic E-state index is 0.697. The molecular formula is C130H86N4. The summed E-state index contributed by atoms with van der Waals surface area (Å²) < 4.78 is 4.78. The average Bonchev–Trinajstić information content (AvgIpc) is 1.63. The maximum absolute atomic E-state index is 5.26. The molecule has 0 aliphatic heterocycles. The second-order valence-electron chi connectivity index (χ2n) is 34.5. The first-order chi connectivity index (χ1) is 66.5. The highest BCUT2D eigenvalue weighted by molar-refractivity contribution is 6.27. The Bertz CT molecular complexity index is 8290. The van der Waals surface area contributed by atoms with Gasteiger partial charge in [0, 0.05) is 49.6 Å². The van der Waals surface area contributed by atoms with Crippen molar-refractivity contribution in [3.63, 3.8) is 0 Å². The molecule has 0 radical (unpaired) electrons. The van der Waals surface area contributed by atoms with E-state index in [9.17, 15) is 0 Å². The predicted molar refractivity (Wildman–Crippen MR) is 568 cm³/mol. The Balaban J connectivity index is 0.000000111. The van der Waals surface area contributed by atoms with Gasteiger partial charge in [0.25, 0.3) is 0 Å². The molecule has 0 fully saturated rings. The summed E-state index contributed by atoms with van der Waals surface area (Å²) in [5.41, 5.74) is 31.4. The fourth-order valence-electron chi connectivity index (χ4n) is 20.2. The maximum atomic E-state index is 5.26. The molecule has 134 heavy (non-hydrogen) atoms. The van der Waals surface area contributed by atoms with Crippen molar-refractivity contribution < 1.29 is 0 Å². The predicted octanol–water partition coefficient (Wildman–Crippen LogP) is 35.3. The van der Waals surface area contributed by atoms with E-state index in [1.807, 2.05) is 24.3 Å². The third-order valence-corrected chi connectivity index (χ3v) is 26.6. The number of benzene rings is 23. The number of aromatic nitrogens is 4. The molecule has 0 saturated carbocycles. The third kappa shape index (κ3) is 14.9. The van der Waals surface area contributed by atoms with E-state index in [1.54, 1.807) is 0 Å². The summed E-state index contributed by atoms with van der Waals surface area (Å²) in [5, 5.41) is 20.2. The average molecular weight is 1700 g/mol. The first-order valence-electron chi connectivity index (χ1n) is 46.0. The lowest BCUT2D eigenvalue weighted by molar-refractivity contribution is 1.13. The molecule has 23 aromatic carbocycles. The van der Waals surface area contributed by atoms with Crippen LogP contribution in [0, 0.1) is 0 Å². The Morgan fingerprint density at radius 1 is 0.119 bits per heavy atom. The summed E-state index contributed by atoms with van der Waals surface area (Å²) in [6, 6.07) is 188. The normalized spacial score (nSPS) is 11.4. The molecule has 4 heteroatoms. The summed E-state index contributed by atoms with van der Waals surface area (Å²) in [7, 11) is 0. The Labute approximate surface area is 777 Å². The van der Waals surface area contributed by atoms with E-state index in [1.165, 1.54) is 175 Å². The van der Waals surface area contributed by atoms with Gasteiger partial charge >= 0.3 is 0 Å². The quantitative estimate of drug-likeness (QED) is 0.108. The minimum absolute atomic E-state index is 0.697. The van der Waals surface area contributed by atoms with E-state index < -0.39 is 0 Å². The first-order valence-corrected chi connectivity index (χ1v) is 46.0. The standard InChI is InChI=1S/C46H30N4.2C42H28/c1-3-15-31(16-4-1)40-30-41(48-46(47-40)32-17-5-2-6-18-32)33-27-34(49-42-23-11-7-19-36(42)37-20-8-12-24-43(37)49)29-35(28-33)50-44-25-13-9-21-38(44)39-22-10-14-26-45(39)50;1-5-13-29(14-6-1)33-21-23-35-37(31-17-9-3-10-18-31)28-42-40-26-34(30-15-7-2-8-16-30)22-24-36(40)38(27-41(42)39(35)25-33)32-19-11-4-12-20-32;1-5-13-29(14-6-1)33-21-23-35-39(25-33)37(31-17-9-3-10-18-31)27-42-36-24-22-34(30-15-7-2-8-16-30)26-40(36)38(28-41(35)42)32-19-11-4-12-20-32/h1-30H;2*1-28H. The van der Waals surface area contributed by atoms with Crippen molar-refractivity contribution in [3.05, 3.63) is 522 Å². The van der Waals surface area contributed by atoms with Crippen molar-refractivity contribution in [2.45, 2.75) is 0 Å². The number of fused-ring (bicyclic) bond motifs is 16. The highest BCUT2D eigenvalue weighted by atomic mass is 15.0. The lowest BCUT2D eigenvalue weighted by atomic mass is 9.86. The smallest absolute Gasteiger partial charge is 0.160 e. The Kier molecular flexibility index (Phi) is 20.6. The van der Waals surface area contributed by atoms with Gasteiger partial charge in [-0.2, -0.15) is 0 Å². The van der Waals surface area contributed by atoms with Crippen LogP contribution >= 0.6 is 0 Å². The maximum Gasteiger partial charge on any atom is 0.160 e. The molecule has 3 aromatic heterocycles. The van der Waals surface area contributed by atoms with Crippen LogP contribution in [0.2, 0.25) is 0 Å². The van der Waals surface area contributed by atoms with Crippen LogP contribution in [0.1, 0.15) is 0 Å². The summed E-state index contributed by atoms with van der Waals surface area (Å²) in [4.78, 5) is 10.4. The van der Waals surface area contributed by atoms with Crippen molar-refractivity contribution in [1.82, 2.24) is 19.1 Å². The van der Waals surface area contributed by atoms with Crippen LogP contribution in [0.15, 0.2) is 522 Å². The van der Waals surface area contributed by atoms with E-state index in [-0.39, 0.29) is 0 Å². The first kappa shape index (κ1) is 79.7. The van der Waals surface area contributed by atoms with Crippen LogP contribution in [-0.2, 0) is 0 Å². The molecule has 0 saturated heterocycles. The van der Waals surface area contributed by atoms with Gasteiger partial charge in [0.1, 0.15) is 0 Å². The summed E-state index contributed by atoms with van der Waals surface area (Å²) in [6.07, 6.45) is 0. The molecule has 26 aromatic rings.